The Hall–Kier alpha value is -3.17. The summed E-state index contributed by atoms with van der Waals surface area (Å²) in [7, 11) is 0. The van der Waals surface area contributed by atoms with E-state index in [1.165, 1.54) is 11.9 Å². The van der Waals surface area contributed by atoms with E-state index in [1.807, 2.05) is 42.6 Å². The largest absolute Gasteiger partial charge is 0.362 e. The number of amides is 1. The van der Waals surface area contributed by atoms with Crippen molar-refractivity contribution in [3.63, 3.8) is 0 Å². The van der Waals surface area contributed by atoms with Crippen molar-refractivity contribution in [2.45, 2.75) is 82.4 Å². The smallest absolute Gasteiger partial charge is 0.265 e. The van der Waals surface area contributed by atoms with Crippen LogP contribution in [-0.4, -0.2) is 32.9 Å². The van der Waals surface area contributed by atoms with E-state index in [0.717, 1.165) is 54.4 Å². The molecule has 5 rings (SSSR count). The molecule has 5 heterocycles. The molecule has 1 unspecified atom stereocenters. The van der Waals surface area contributed by atoms with Gasteiger partial charge in [0.2, 0.25) is 0 Å². The normalized spacial score (nSPS) is 21.3. The van der Waals surface area contributed by atoms with Crippen molar-refractivity contribution >= 4 is 29.5 Å². The number of fused-ring (bicyclic) bond motifs is 6. The Morgan fingerprint density at radius 1 is 1.13 bits per heavy atom. The van der Waals surface area contributed by atoms with Crippen LogP contribution in [0.2, 0.25) is 0 Å². The van der Waals surface area contributed by atoms with E-state index < -0.39 is 0 Å². The Labute approximate surface area is 235 Å². The highest BCUT2D eigenvalue weighted by molar-refractivity contribution is 7.97. The van der Waals surface area contributed by atoms with Gasteiger partial charge in [0.25, 0.3) is 5.91 Å². The molecule has 1 amide bonds. The highest BCUT2D eigenvalue weighted by atomic mass is 32.2. The molecule has 1 saturated heterocycles. The quantitative estimate of drug-likeness (QED) is 0.356. The molecule has 206 valence electrons. The maximum Gasteiger partial charge on any atom is 0.265 e. The van der Waals surface area contributed by atoms with Crippen LogP contribution in [0.4, 0.5) is 11.6 Å². The lowest BCUT2D eigenvalue weighted by molar-refractivity contribution is 0.0984. The van der Waals surface area contributed by atoms with Crippen LogP contribution >= 0.6 is 11.9 Å². The van der Waals surface area contributed by atoms with Crippen molar-refractivity contribution in [1.82, 2.24) is 19.7 Å². The van der Waals surface area contributed by atoms with Gasteiger partial charge in [-0.3, -0.25) is 14.5 Å². The summed E-state index contributed by atoms with van der Waals surface area (Å²) >= 11 is 1.22. The first-order valence-electron chi connectivity index (χ1n) is 13.7. The topological polar surface area (TPSA) is 109 Å². The molecule has 2 aliphatic heterocycles. The molecule has 0 aliphatic carbocycles. The van der Waals surface area contributed by atoms with Crippen molar-refractivity contribution in [2.75, 3.05) is 16.8 Å². The molecular formula is C30H39N7OS. The summed E-state index contributed by atoms with van der Waals surface area (Å²) in [6, 6.07) is 13.7. The van der Waals surface area contributed by atoms with Crippen molar-refractivity contribution in [3.8, 4) is 0 Å². The number of carbonyl (C=O) groups excluding carboxylic acids is 1. The van der Waals surface area contributed by atoms with Gasteiger partial charge in [-0.2, -0.15) is 0 Å². The van der Waals surface area contributed by atoms with Gasteiger partial charge >= 0.3 is 0 Å². The molecule has 0 radical (unpaired) electrons. The number of nitrogens with one attached hydrogen (secondary N) is 2. The molecule has 9 heteroatoms. The maximum atomic E-state index is 13.5. The number of pyridine rings is 3. The molecule has 2 atom stereocenters. The molecule has 0 aromatic carbocycles. The van der Waals surface area contributed by atoms with Crippen LogP contribution in [0.5, 0.6) is 0 Å². The van der Waals surface area contributed by atoms with Gasteiger partial charge in [0.15, 0.2) is 0 Å². The second-order valence-corrected chi connectivity index (χ2v) is 13.1. The number of carbonyl (C=O) groups is 1. The fraction of sp³-hybridized carbons (Fsp3) is 0.467. The van der Waals surface area contributed by atoms with E-state index in [4.69, 9.17) is 20.7 Å². The zero-order valence-corrected chi connectivity index (χ0v) is 24.3. The van der Waals surface area contributed by atoms with E-state index in [-0.39, 0.29) is 22.9 Å². The van der Waals surface area contributed by atoms with E-state index in [0.29, 0.717) is 23.1 Å². The molecule has 0 saturated carbocycles. The fourth-order valence-electron chi connectivity index (χ4n) is 5.59. The Kier molecular flexibility index (Phi) is 7.57. The molecule has 2 aliphatic rings. The first-order chi connectivity index (χ1) is 18.5. The van der Waals surface area contributed by atoms with Crippen LogP contribution in [-0.2, 0) is 12.0 Å². The summed E-state index contributed by atoms with van der Waals surface area (Å²) in [4.78, 5) is 30.5. The molecule has 0 spiro atoms. The molecule has 39 heavy (non-hydrogen) atoms. The zero-order valence-electron chi connectivity index (χ0n) is 23.5. The molecule has 4 bridgehead atoms. The monoisotopic (exact) mass is 545 g/mol. The summed E-state index contributed by atoms with van der Waals surface area (Å²) < 4.78 is 3.01. The number of hydrogen-bond acceptors (Lipinski definition) is 8. The molecule has 1 fully saturated rings. The second-order valence-electron chi connectivity index (χ2n) is 12.3. The van der Waals surface area contributed by atoms with Crippen LogP contribution in [0.25, 0.3) is 0 Å². The van der Waals surface area contributed by atoms with E-state index in [9.17, 15) is 4.79 Å². The minimum Gasteiger partial charge on any atom is -0.362 e. The summed E-state index contributed by atoms with van der Waals surface area (Å²) in [5.41, 5.74) is 9.26. The second kappa shape index (κ2) is 10.8. The van der Waals surface area contributed by atoms with Crippen molar-refractivity contribution < 1.29 is 4.79 Å². The van der Waals surface area contributed by atoms with Gasteiger partial charge < -0.3 is 16.0 Å². The van der Waals surface area contributed by atoms with Crippen LogP contribution in [0, 0.1) is 5.92 Å². The van der Waals surface area contributed by atoms with E-state index >= 15 is 0 Å². The van der Waals surface area contributed by atoms with Crippen molar-refractivity contribution in [3.05, 3.63) is 71.2 Å². The van der Waals surface area contributed by atoms with Gasteiger partial charge in [0, 0.05) is 47.9 Å². The third-order valence-electron chi connectivity index (χ3n) is 7.70. The first-order valence-corrected chi connectivity index (χ1v) is 14.5. The summed E-state index contributed by atoms with van der Waals surface area (Å²) in [6.45, 7) is 12.3. The average Bonchev–Trinajstić information content (AvgIpc) is 3.22. The standard InChI is InChI=1S/C30H39N7OS/c1-29(2,3)24-12-10-21-27(34-24)37-18-20(16-30(37,4)5)9-11-22(23-15-19(17-31)13-14-32-23)33-25-7-6-8-26(35-25)39-36-28(21)38/h6-8,10,12-15,20,22H,9,11,16-18,31H2,1-5H3,(H,33,35)(H,36,38)/t20-,22?/m0/s1. The predicted molar refractivity (Wildman–Crippen MR) is 158 cm³/mol. The number of aromatic nitrogens is 3. The lowest BCUT2D eigenvalue weighted by Crippen LogP contribution is -2.40. The Morgan fingerprint density at radius 3 is 2.72 bits per heavy atom. The third-order valence-corrected chi connectivity index (χ3v) is 8.42. The number of anilines is 2. The molecule has 3 aromatic rings. The highest BCUT2D eigenvalue weighted by Crippen LogP contribution is 2.41. The fourth-order valence-corrected chi connectivity index (χ4v) is 6.19. The summed E-state index contributed by atoms with van der Waals surface area (Å²) in [6.07, 6.45) is 4.75. The molecule has 8 nitrogen and oxygen atoms in total. The number of hydrogen-bond donors (Lipinski definition) is 3. The zero-order chi connectivity index (χ0) is 27.8. The van der Waals surface area contributed by atoms with Gasteiger partial charge in [-0.1, -0.05) is 26.8 Å². The number of nitrogens with two attached hydrogens (primary N) is 1. The summed E-state index contributed by atoms with van der Waals surface area (Å²) in [5.74, 6) is 1.78. The van der Waals surface area contributed by atoms with Crippen LogP contribution < -0.4 is 20.7 Å². The minimum absolute atomic E-state index is 0.0148. The van der Waals surface area contributed by atoms with Crippen LogP contribution in [0.1, 0.15) is 87.2 Å². The number of nitrogens with zero attached hydrogens (tertiary/aromatic N) is 4. The first kappa shape index (κ1) is 27.4. The van der Waals surface area contributed by atoms with Gasteiger partial charge in [-0.05, 0) is 81.0 Å². The van der Waals surface area contributed by atoms with E-state index in [1.54, 1.807) is 0 Å². The number of rotatable bonds is 2. The Bertz CT molecular complexity index is 1350. The Morgan fingerprint density at radius 2 is 1.95 bits per heavy atom. The van der Waals surface area contributed by atoms with Gasteiger partial charge in [-0.25, -0.2) is 9.97 Å². The summed E-state index contributed by atoms with van der Waals surface area (Å²) in [5, 5.41) is 4.32. The Balaban J connectivity index is 1.55. The van der Waals surface area contributed by atoms with Gasteiger partial charge in [0.1, 0.15) is 16.7 Å². The molecule has 4 N–H and O–H groups in total. The molecule has 3 aromatic heterocycles. The lowest BCUT2D eigenvalue weighted by atomic mass is 9.90. The highest BCUT2D eigenvalue weighted by Gasteiger charge is 2.41. The van der Waals surface area contributed by atoms with Crippen LogP contribution in [0.3, 0.4) is 0 Å². The maximum absolute atomic E-state index is 13.5. The average molecular weight is 546 g/mol. The van der Waals surface area contributed by atoms with Gasteiger partial charge in [0.05, 0.1) is 17.3 Å². The van der Waals surface area contributed by atoms with Crippen LogP contribution in [0.15, 0.2) is 53.7 Å². The lowest BCUT2D eigenvalue weighted by Gasteiger charge is -2.34. The van der Waals surface area contributed by atoms with E-state index in [2.05, 4.69) is 55.6 Å². The SMILES string of the molecule is CC(C)(C)c1ccc2c(n1)N1C[C@@H](CCC(c3cc(CN)ccn3)Nc3cccc(n3)SNC2=O)CC1(C)C. The van der Waals surface area contributed by atoms with Gasteiger partial charge in [-0.15, -0.1) is 0 Å². The van der Waals surface area contributed by atoms with Crippen molar-refractivity contribution in [2.24, 2.45) is 11.7 Å². The predicted octanol–water partition coefficient (Wildman–Crippen LogP) is 5.62. The molecular weight excluding hydrogens is 506 g/mol. The third kappa shape index (κ3) is 6.04. The minimum atomic E-state index is -0.169. The van der Waals surface area contributed by atoms with Crippen molar-refractivity contribution in [1.29, 1.82) is 0 Å².